The van der Waals surface area contributed by atoms with E-state index in [0.29, 0.717) is 6.42 Å². The number of ether oxygens (including phenoxy) is 1. The van der Waals surface area contributed by atoms with Gasteiger partial charge >= 0.3 is 5.97 Å². The van der Waals surface area contributed by atoms with Crippen LogP contribution < -0.4 is 5.84 Å². The maximum absolute atomic E-state index is 11.2. The molecule has 0 heterocycles. The average molecular weight is 241 g/mol. The van der Waals surface area contributed by atoms with Gasteiger partial charge in [-0.3, -0.25) is 9.79 Å². The second kappa shape index (κ2) is 6.09. The highest BCUT2D eigenvalue weighted by molar-refractivity contribution is 6.59. The van der Waals surface area contributed by atoms with Crippen molar-refractivity contribution < 1.29 is 19.4 Å². The second-order valence-corrected chi connectivity index (χ2v) is 3.60. The van der Waals surface area contributed by atoms with Crippen LogP contribution in [0, 0.1) is 5.92 Å². The first-order chi connectivity index (χ1) is 8.10. The lowest BCUT2D eigenvalue weighted by atomic mass is 9.81. The van der Waals surface area contributed by atoms with Gasteiger partial charge in [-0.15, -0.1) is 0 Å². The Bertz CT molecular complexity index is 365. The molecule has 1 aliphatic carbocycles. The molecule has 2 unspecified atom stereocenters. The minimum absolute atomic E-state index is 0.0908. The van der Waals surface area contributed by atoms with E-state index >= 15 is 0 Å². The Balaban J connectivity index is 2.41. The molecule has 94 valence electrons. The standard InChI is InChI=1S/C10H15N3O4/c1-2-17-10(16)7(13-11)5-12-4-6-3-8(14)9(6)15/h5-6,9,15H,2-4,11H2,1H3. The molecule has 0 aliphatic heterocycles. The third-order valence-electron chi connectivity index (χ3n) is 2.42. The largest absolute Gasteiger partial charge is 0.461 e. The van der Waals surface area contributed by atoms with Gasteiger partial charge in [-0.1, -0.05) is 0 Å². The van der Waals surface area contributed by atoms with E-state index in [4.69, 9.17) is 5.84 Å². The third-order valence-corrected chi connectivity index (χ3v) is 2.42. The van der Waals surface area contributed by atoms with Crippen LogP contribution in [-0.2, 0) is 14.3 Å². The van der Waals surface area contributed by atoms with Crippen LogP contribution in [0.25, 0.3) is 0 Å². The molecular weight excluding hydrogens is 226 g/mol. The highest BCUT2D eigenvalue weighted by atomic mass is 16.5. The Morgan fingerprint density at radius 1 is 1.71 bits per heavy atom. The molecule has 1 fully saturated rings. The van der Waals surface area contributed by atoms with E-state index in [1.807, 2.05) is 0 Å². The number of hydrazone groups is 1. The smallest absolute Gasteiger partial charge is 0.360 e. The van der Waals surface area contributed by atoms with Crippen LogP contribution in [0.2, 0.25) is 0 Å². The number of carbonyl (C=O) groups excluding carboxylic acids is 2. The first-order valence-electron chi connectivity index (χ1n) is 5.25. The van der Waals surface area contributed by atoms with Crippen LogP contribution in [-0.4, -0.2) is 48.0 Å². The van der Waals surface area contributed by atoms with Crippen molar-refractivity contribution in [2.75, 3.05) is 13.2 Å². The summed E-state index contributed by atoms with van der Waals surface area (Å²) in [6.07, 6.45) is 0.563. The van der Waals surface area contributed by atoms with Crippen LogP contribution in [0.3, 0.4) is 0 Å². The summed E-state index contributed by atoms with van der Waals surface area (Å²) >= 11 is 0. The number of nitrogens with two attached hydrogens (primary N) is 1. The van der Waals surface area contributed by atoms with Crippen LogP contribution >= 0.6 is 0 Å². The summed E-state index contributed by atoms with van der Waals surface area (Å²) in [6, 6.07) is 0. The van der Waals surface area contributed by atoms with Gasteiger partial charge in [0.2, 0.25) is 0 Å². The highest BCUT2D eigenvalue weighted by Gasteiger charge is 2.37. The molecule has 0 aromatic rings. The zero-order valence-electron chi connectivity index (χ0n) is 9.50. The third kappa shape index (κ3) is 3.35. The van der Waals surface area contributed by atoms with Gasteiger partial charge in [0.05, 0.1) is 12.8 Å². The topological polar surface area (TPSA) is 114 Å². The number of hydrogen-bond acceptors (Lipinski definition) is 7. The molecule has 17 heavy (non-hydrogen) atoms. The number of nitrogens with zero attached hydrogens (tertiary/aromatic N) is 2. The van der Waals surface area contributed by atoms with Crippen molar-refractivity contribution in [2.45, 2.75) is 19.4 Å². The van der Waals surface area contributed by atoms with Crippen molar-refractivity contribution in [1.82, 2.24) is 0 Å². The Morgan fingerprint density at radius 2 is 2.41 bits per heavy atom. The molecule has 3 N–H and O–H groups in total. The van der Waals surface area contributed by atoms with Gasteiger partial charge in [0.15, 0.2) is 11.5 Å². The normalized spacial score (nSPS) is 24.8. The number of aliphatic hydroxyl groups is 1. The number of aliphatic imine (C=N–C) groups is 1. The second-order valence-electron chi connectivity index (χ2n) is 3.60. The molecule has 0 saturated heterocycles. The molecule has 1 saturated carbocycles. The lowest BCUT2D eigenvalue weighted by Crippen LogP contribution is -2.44. The van der Waals surface area contributed by atoms with E-state index < -0.39 is 12.1 Å². The molecular formula is C10H15N3O4. The Morgan fingerprint density at radius 3 is 2.88 bits per heavy atom. The number of hydrogen-bond donors (Lipinski definition) is 2. The summed E-state index contributed by atoms with van der Waals surface area (Å²) in [4.78, 5) is 25.9. The number of rotatable bonds is 5. The molecule has 0 bridgehead atoms. The van der Waals surface area contributed by atoms with Crippen LogP contribution in [0.4, 0.5) is 0 Å². The fourth-order valence-electron chi connectivity index (χ4n) is 1.38. The summed E-state index contributed by atoms with van der Waals surface area (Å²) in [5.74, 6) is 4.00. The van der Waals surface area contributed by atoms with Crippen LogP contribution in [0.5, 0.6) is 0 Å². The monoisotopic (exact) mass is 241 g/mol. The number of aliphatic hydroxyl groups excluding tert-OH is 1. The first-order valence-corrected chi connectivity index (χ1v) is 5.25. The van der Waals surface area contributed by atoms with Gasteiger partial charge in [-0.2, -0.15) is 5.10 Å². The first kappa shape index (κ1) is 13.3. The Hall–Kier alpha value is -1.76. The van der Waals surface area contributed by atoms with Crippen LogP contribution in [0.15, 0.2) is 10.1 Å². The van der Waals surface area contributed by atoms with E-state index in [1.54, 1.807) is 6.92 Å². The van der Waals surface area contributed by atoms with Crippen molar-refractivity contribution >= 4 is 23.7 Å². The number of carbonyl (C=O) groups is 2. The molecule has 1 rings (SSSR count). The fraction of sp³-hybridized carbons (Fsp3) is 0.600. The summed E-state index contributed by atoms with van der Waals surface area (Å²) < 4.78 is 4.69. The number of Topliss-reactive ketones (excluding diaryl/α,β-unsaturated/α-hetero) is 1. The van der Waals surface area contributed by atoms with Crippen molar-refractivity contribution in [2.24, 2.45) is 21.9 Å². The maximum atomic E-state index is 11.2. The average Bonchev–Trinajstić information content (AvgIpc) is 2.33. The minimum atomic E-state index is -0.937. The van der Waals surface area contributed by atoms with Gasteiger partial charge in [-0.05, 0) is 6.92 Å². The molecule has 0 aromatic heterocycles. The summed E-state index contributed by atoms with van der Waals surface area (Å²) in [7, 11) is 0. The molecule has 7 heteroatoms. The molecule has 7 nitrogen and oxygen atoms in total. The van der Waals surface area contributed by atoms with Gasteiger partial charge in [0, 0.05) is 18.9 Å². The molecule has 2 atom stereocenters. The summed E-state index contributed by atoms with van der Waals surface area (Å²) in [6.45, 7) is 2.15. The van der Waals surface area contributed by atoms with E-state index in [-0.39, 0.29) is 30.6 Å². The molecule has 0 spiro atoms. The molecule has 0 radical (unpaired) electrons. The van der Waals surface area contributed by atoms with E-state index in [1.165, 1.54) is 6.21 Å². The van der Waals surface area contributed by atoms with Gasteiger partial charge in [0.25, 0.3) is 0 Å². The molecule has 0 aromatic carbocycles. The minimum Gasteiger partial charge on any atom is -0.461 e. The lowest BCUT2D eigenvalue weighted by Gasteiger charge is -2.28. The quantitative estimate of drug-likeness (QED) is 0.274. The van der Waals surface area contributed by atoms with Crippen molar-refractivity contribution in [3.05, 3.63) is 0 Å². The fourth-order valence-corrected chi connectivity index (χ4v) is 1.38. The predicted octanol–water partition coefficient (Wildman–Crippen LogP) is -1.12. The maximum Gasteiger partial charge on any atom is 0.360 e. The van der Waals surface area contributed by atoms with E-state index in [0.717, 1.165) is 0 Å². The van der Waals surface area contributed by atoms with Gasteiger partial charge in [-0.25, -0.2) is 4.79 Å². The summed E-state index contributed by atoms with van der Waals surface area (Å²) in [5.41, 5.74) is -0.0908. The van der Waals surface area contributed by atoms with Crippen molar-refractivity contribution in [1.29, 1.82) is 0 Å². The van der Waals surface area contributed by atoms with E-state index in [9.17, 15) is 14.7 Å². The molecule has 0 amide bonds. The zero-order valence-corrected chi connectivity index (χ0v) is 9.50. The number of ketones is 1. The Labute approximate surface area is 98.3 Å². The highest BCUT2D eigenvalue weighted by Crippen LogP contribution is 2.23. The van der Waals surface area contributed by atoms with Crippen LogP contribution in [0.1, 0.15) is 13.3 Å². The summed E-state index contributed by atoms with van der Waals surface area (Å²) in [5, 5.41) is 12.5. The van der Waals surface area contributed by atoms with Crippen molar-refractivity contribution in [3.63, 3.8) is 0 Å². The van der Waals surface area contributed by atoms with E-state index in [2.05, 4.69) is 14.8 Å². The Kier molecular flexibility index (Phi) is 4.77. The van der Waals surface area contributed by atoms with Gasteiger partial charge in [0.1, 0.15) is 6.10 Å². The lowest BCUT2D eigenvalue weighted by molar-refractivity contribution is -0.141. The van der Waals surface area contributed by atoms with Gasteiger partial charge < -0.3 is 15.7 Å². The van der Waals surface area contributed by atoms with Crippen molar-refractivity contribution in [3.8, 4) is 0 Å². The predicted molar refractivity (Wildman–Crippen MR) is 60.7 cm³/mol. The molecule has 1 aliphatic rings. The zero-order chi connectivity index (χ0) is 12.8. The number of esters is 1. The SMILES string of the molecule is CCOC(=O)C(C=NCC1CC(=O)C1O)=NN.